The lowest BCUT2D eigenvalue weighted by atomic mass is 10.3. The lowest BCUT2D eigenvalue weighted by Crippen LogP contribution is -2.18. The van der Waals surface area contributed by atoms with Crippen molar-refractivity contribution in [2.24, 2.45) is 0 Å². The number of carbonyl (C=O) groups excluding carboxylic acids is 1. The van der Waals surface area contributed by atoms with Crippen molar-refractivity contribution < 1.29 is 9.53 Å². The van der Waals surface area contributed by atoms with Gasteiger partial charge < -0.3 is 14.6 Å². The van der Waals surface area contributed by atoms with E-state index in [0.29, 0.717) is 18.8 Å². The summed E-state index contributed by atoms with van der Waals surface area (Å²) in [7, 11) is 1.64. The molecule has 0 spiro atoms. The van der Waals surface area contributed by atoms with Gasteiger partial charge in [-0.25, -0.2) is 0 Å². The van der Waals surface area contributed by atoms with Crippen LogP contribution in [0.4, 0.5) is 5.69 Å². The zero-order valence-corrected chi connectivity index (χ0v) is 11.4. The monoisotopic (exact) mass is 262 g/mol. The number of hydrogen-bond acceptors (Lipinski definition) is 3. The molecule has 19 heavy (non-hydrogen) atoms. The highest BCUT2D eigenvalue weighted by Gasteiger charge is 2.14. The van der Waals surface area contributed by atoms with Crippen LogP contribution in [0.5, 0.6) is 0 Å². The van der Waals surface area contributed by atoms with Crippen molar-refractivity contribution in [1.82, 2.24) is 14.8 Å². The minimum atomic E-state index is -0.145. The van der Waals surface area contributed by atoms with Gasteiger partial charge in [0.1, 0.15) is 5.69 Å². The van der Waals surface area contributed by atoms with E-state index < -0.39 is 0 Å². The van der Waals surface area contributed by atoms with E-state index in [4.69, 9.17) is 4.74 Å². The second-order valence-electron chi connectivity index (χ2n) is 4.34. The van der Waals surface area contributed by atoms with Gasteiger partial charge in [0, 0.05) is 19.9 Å². The SMILES string of the molecule is COCCn1cccc1C(=O)Nc1c(C)n[nH]c1C. The Bertz CT molecular complexity index is 551. The minimum absolute atomic E-state index is 0.145. The van der Waals surface area contributed by atoms with Crippen LogP contribution in [-0.2, 0) is 11.3 Å². The molecule has 1 amide bonds. The Morgan fingerprint density at radius 1 is 1.53 bits per heavy atom. The molecule has 0 aliphatic carbocycles. The Balaban J connectivity index is 2.14. The first kappa shape index (κ1) is 13.4. The van der Waals surface area contributed by atoms with Crippen molar-refractivity contribution in [2.75, 3.05) is 19.0 Å². The fourth-order valence-corrected chi connectivity index (χ4v) is 1.92. The van der Waals surface area contributed by atoms with Crippen molar-refractivity contribution in [3.8, 4) is 0 Å². The van der Waals surface area contributed by atoms with E-state index in [1.807, 2.05) is 30.7 Å². The van der Waals surface area contributed by atoms with Gasteiger partial charge in [-0.15, -0.1) is 0 Å². The number of H-pyrrole nitrogens is 1. The summed E-state index contributed by atoms with van der Waals surface area (Å²) in [5.74, 6) is -0.145. The van der Waals surface area contributed by atoms with Gasteiger partial charge in [-0.05, 0) is 26.0 Å². The number of anilines is 1. The van der Waals surface area contributed by atoms with Gasteiger partial charge in [0.15, 0.2) is 0 Å². The summed E-state index contributed by atoms with van der Waals surface area (Å²) >= 11 is 0. The smallest absolute Gasteiger partial charge is 0.272 e. The van der Waals surface area contributed by atoms with E-state index in [0.717, 1.165) is 17.1 Å². The van der Waals surface area contributed by atoms with E-state index in [9.17, 15) is 4.79 Å². The van der Waals surface area contributed by atoms with E-state index in [2.05, 4.69) is 15.5 Å². The molecular weight excluding hydrogens is 244 g/mol. The molecule has 0 radical (unpaired) electrons. The van der Waals surface area contributed by atoms with Crippen LogP contribution in [0.2, 0.25) is 0 Å². The van der Waals surface area contributed by atoms with Crippen LogP contribution in [-0.4, -0.2) is 34.4 Å². The highest BCUT2D eigenvalue weighted by atomic mass is 16.5. The third kappa shape index (κ3) is 2.85. The summed E-state index contributed by atoms with van der Waals surface area (Å²) in [4.78, 5) is 12.2. The lowest BCUT2D eigenvalue weighted by Gasteiger charge is -2.09. The lowest BCUT2D eigenvalue weighted by molar-refractivity contribution is 0.101. The second-order valence-corrected chi connectivity index (χ2v) is 4.34. The molecule has 2 heterocycles. The van der Waals surface area contributed by atoms with Crippen LogP contribution in [0.3, 0.4) is 0 Å². The molecule has 0 saturated carbocycles. The first-order valence-corrected chi connectivity index (χ1v) is 6.10. The number of aryl methyl sites for hydroxylation is 2. The fourth-order valence-electron chi connectivity index (χ4n) is 1.92. The summed E-state index contributed by atoms with van der Waals surface area (Å²) in [6.45, 7) is 4.94. The summed E-state index contributed by atoms with van der Waals surface area (Å²) in [6.07, 6.45) is 1.86. The Kier molecular flexibility index (Phi) is 4.01. The van der Waals surface area contributed by atoms with E-state index >= 15 is 0 Å². The van der Waals surface area contributed by atoms with Crippen LogP contribution >= 0.6 is 0 Å². The van der Waals surface area contributed by atoms with Gasteiger partial charge in [0.2, 0.25) is 0 Å². The molecule has 0 fully saturated rings. The topological polar surface area (TPSA) is 71.9 Å². The first-order valence-electron chi connectivity index (χ1n) is 6.10. The molecule has 0 aromatic carbocycles. The number of methoxy groups -OCH3 is 1. The molecule has 0 unspecified atom stereocenters. The van der Waals surface area contributed by atoms with Crippen molar-refractivity contribution in [2.45, 2.75) is 20.4 Å². The average molecular weight is 262 g/mol. The van der Waals surface area contributed by atoms with Crippen LogP contribution in [0.15, 0.2) is 18.3 Å². The molecule has 2 N–H and O–H groups in total. The summed E-state index contributed by atoms with van der Waals surface area (Å²) in [5.41, 5.74) is 2.98. The van der Waals surface area contributed by atoms with Crippen molar-refractivity contribution in [3.05, 3.63) is 35.4 Å². The number of nitrogens with zero attached hydrogens (tertiary/aromatic N) is 2. The molecule has 0 saturated heterocycles. The zero-order valence-electron chi connectivity index (χ0n) is 11.4. The molecular formula is C13H18N4O2. The number of aromatic amines is 1. The predicted molar refractivity (Wildman–Crippen MR) is 72.3 cm³/mol. The van der Waals surface area contributed by atoms with Gasteiger partial charge in [0.25, 0.3) is 5.91 Å². The average Bonchev–Trinajstić information content (AvgIpc) is 2.97. The number of ether oxygens (including phenoxy) is 1. The molecule has 0 bridgehead atoms. The molecule has 2 aromatic heterocycles. The highest BCUT2D eigenvalue weighted by molar-refractivity contribution is 6.03. The Morgan fingerprint density at radius 3 is 2.95 bits per heavy atom. The summed E-state index contributed by atoms with van der Waals surface area (Å²) < 4.78 is 6.89. The molecule has 0 aliphatic rings. The first-order chi connectivity index (χ1) is 9.13. The maximum atomic E-state index is 12.2. The molecule has 2 aromatic rings. The molecule has 6 heteroatoms. The fraction of sp³-hybridized carbons (Fsp3) is 0.385. The molecule has 0 atom stereocenters. The largest absolute Gasteiger partial charge is 0.383 e. The van der Waals surface area contributed by atoms with Crippen molar-refractivity contribution in [3.63, 3.8) is 0 Å². The molecule has 0 aliphatic heterocycles. The summed E-state index contributed by atoms with van der Waals surface area (Å²) in [6, 6.07) is 3.63. The van der Waals surface area contributed by atoms with Crippen molar-refractivity contribution in [1.29, 1.82) is 0 Å². The summed E-state index contributed by atoms with van der Waals surface area (Å²) in [5, 5.41) is 9.78. The quantitative estimate of drug-likeness (QED) is 0.862. The number of carbonyl (C=O) groups is 1. The predicted octanol–water partition coefficient (Wildman–Crippen LogP) is 1.73. The van der Waals surface area contributed by atoms with Gasteiger partial charge >= 0.3 is 0 Å². The maximum Gasteiger partial charge on any atom is 0.272 e. The van der Waals surface area contributed by atoms with Gasteiger partial charge in [-0.2, -0.15) is 5.10 Å². The van der Waals surface area contributed by atoms with Crippen LogP contribution in [0.1, 0.15) is 21.9 Å². The number of amides is 1. The minimum Gasteiger partial charge on any atom is -0.383 e. The Labute approximate surface area is 111 Å². The van der Waals surface area contributed by atoms with E-state index in [1.165, 1.54) is 0 Å². The van der Waals surface area contributed by atoms with Gasteiger partial charge in [-0.3, -0.25) is 9.89 Å². The maximum absolute atomic E-state index is 12.2. The van der Waals surface area contributed by atoms with Gasteiger partial charge in [0.05, 0.1) is 23.7 Å². The van der Waals surface area contributed by atoms with Gasteiger partial charge in [-0.1, -0.05) is 0 Å². The standard InChI is InChI=1S/C13H18N4O2/c1-9-12(10(2)16-15-9)14-13(18)11-5-4-6-17(11)7-8-19-3/h4-6H,7-8H2,1-3H3,(H,14,18)(H,15,16). The van der Waals surface area contributed by atoms with Crippen molar-refractivity contribution >= 4 is 11.6 Å². The number of nitrogens with one attached hydrogen (secondary N) is 2. The van der Waals surface area contributed by atoms with E-state index in [1.54, 1.807) is 13.2 Å². The highest BCUT2D eigenvalue weighted by Crippen LogP contribution is 2.17. The molecule has 2 rings (SSSR count). The Hall–Kier alpha value is -2.08. The van der Waals surface area contributed by atoms with Crippen LogP contribution < -0.4 is 5.32 Å². The number of hydrogen-bond donors (Lipinski definition) is 2. The zero-order chi connectivity index (χ0) is 13.8. The normalized spacial score (nSPS) is 10.7. The Morgan fingerprint density at radius 2 is 2.32 bits per heavy atom. The van der Waals surface area contributed by atoms with Crippen LogP contribution in [0.25, 0.3) is 0 Å². The second kappa shape index (κ2) is 5.71. The number of aromatic nitrogens is 3. The molecule has 102 valence electrons. The van der Waals surface area contributed by atoms with E-state index in [-0.39, 0.29) is 5.91 Å². The number of rotatable bonds is 5. The molecule has 6 nitrogen and oxygen atoms in total. The third-order valence-corrected chi connectivity index (χ3v) is 2.97. The third-order valence-electron chi connectivity index (χ3n) is 2.97. The van der Waals surface area contributed by atoms with Crippen LogP contribution in [0, 0.1) is 13.8 Å².